The fourth-order valence-corrected chi connectivity index (χ4v) is 2.16. The van der Waals surface area contributed by atoms with E-state index in [0.717, 1.165) is 5.25 Å². The molecule has 60 valence electrons. The summed E-state index contributed by atoms with van der Waals surface area (Å²) in [6, 6.07) is 0. The van der Waals surface area contributed by atoms with Gasteiger partial charge in [0.25, 0.3) is 0 Å². The second-order valence-electron chi connectivity index (χ2n) is 2.89. The van der Waals surface area contributed by atoms with Crippen molar-refractivity contribution in [2.75, 3.05) is 6.61 Å². The van der Waals surface area contributed by atoms with Crippen LogP contribution < -0.4 is 0 Å². The minimum Gasteiger partial charge on any atom is -0.395 e. The molecule has 0 radical (unpaired) electrons. The van der Waals surface area contributed by atoms with E-state index < -0.39 is 0 Å². The number of hydrogen-bond acceptors (Lipinski definition) is 2. The van der Waals surface area contributed by atoms with Crippen LogP contribution in [0.3, 0.4) is 0 Å². The third-order valence-corrected chi connectivity index (χ3v) is 3.39. The molecule has 0 aromatic rings. The van der Waals surface area contributed by atoms with Crippen molar-refractivity contribution in [2.24, 2.45) is 0 Å². The Morgan fingerprint density at radius 2 is 2.10 bits per heavy atom. The topological polar surface area (TPSA) is 20.2 Å². The van der Waals surface area contributed by atoms with Crippen LogP contribution in [0.25, 0.3) is 0 Å². The Hall–Kier alpha value is 0.310. The van der Waals surface area contributed by atoms with Crippen LogP contribution in [0.4, 0.5) is 0 Å². The lowest BCUT2D eigenvalue weighted by molar-refractivity contribution is 0.301. The molecule has 1 aliphatic rings. The van der Waals surface area contributed by atoms with E-state index in [1.54, 1.807) is 0 Å². The predicted molar refractivity (Wildman–Crippen MR) is 46.4 cm³/mol. The highest BCUT2D eigenvalue weighted by Gasteiger charge is 2.36. The minimum absolute atomic E-state index is 0.390. The van der Waals surface area contributed by atoms with Crippen molar-refractivity contribution in [3.05, 3.63) is 0 Å². The molecule has 1 aliphatic heterocycles. The maximum absolute atomic E-state index is 8.71. The Balaban J connectivity index is 1.87. The van der Waals surface area contributed by atoms with Gasteiger partial charge in [-0.05, 0) is 6.42 Å². The van der Waals surface area contributed by atoms with Gasteiger partial charge in [-0.3, -0.25) is 0 Å². The van der Waals surface area contributed by atoms with Crippen LogP contribution in [-0.4, -0.2) is 22.2 Å². The van der Waals surface area contributed by atoms with Crippen molar-refractivity contribution in [3.8, 4) is 0 Å². The first-order valence-electron chi connectivity index (χ1n) is 4.14. The number of aliphatic hydroxyl groups is 1. The van der Waals surface area contributed by atoms with E-state index in [2.05, 4.69) is 6.92 Å². The van der Waals surface area contributed by atoms with Crippen molar-refractivity contribution in [1.29, 1.82) is 0 Å². The summed E-state index contributed by atoms with van der Waals surface area (Å²) >= 11 is 1.94. The largest absolute Gasteiger partial charge is 0.395 e. The molecule has 0 bridgehead atoms. The molecule has 1 N–H and O–H groups in total. The molecule has 1 saturated heterocycles. The van der Waals surface area contributed by atoms with E-state index >= 15 is 0 Å². The van der Waals surface area contributed by atoms with Crippen molar-refractivity contribution in [2.45, 2.75) is 43.1 Å². The van der Waals surface area contributed by atoms with Gasteiger partial charge in [-0.2, -0.15) is 11.8 Å². The average Bonchev–Trinajstić information content (AvgIpc) is 2.68. The number of thioether (sulfide) groups is 1. The van der Waals surface area contributed by atoms with Gasteiger partial charge >= 0.3 is 0 Å². The molecule has 2 atom stereocenters. The number of hydrogen-bond donors (Lipinski definition) is 1. The summed E-state index contributed by atoms with van der Waals surface area (Å²) in [5.41, 5.74) is 0. The molecule has 1 nitrogen and oxygen atoms in total. The molecule has 0 amide bonds. The zero-order chi connectivity index (χ0) is 7.40. The summed E-state index contributed by atoms with van der Waals surface area (Å²) < 4.78 is 0. The highest BCUT2D eigenvalue weighted by molar-refractivity contribution is 8.07. The van der Waals surface area contributed by atoms with Crippen LogP contribution in [0.5, 0.6) is 0 Å². The van der Waals surface area contributed by atoms with Crippen LogP contribution in [0, 0.1) is 0 Å². The maximum Gasteiger partial charge on any atom is 0.0560 e. The number of rotatable bonds is 5. The average molecular weight is 160 g/mol. The summed E-state index contributed by atoms with van der Waals surface area (Å²) in [5, 5.41) is 10.1. The first-order valence-corrected chi connectivity index (χ1v) is 5.09. The summed E-state index contributed by atoms with van der Waals surface area (Å²) in [7, 11) is 0. The first-order chi connectivity index (χ1) is 4.88. The lowest BCUT2D eigenvalue weighted by Crippen LogP contribution is -1.98. The molecular weight excluding hydrogens is 144 g/mol. The molecule has 2 heteroatoms. The maximum atomic E-state index is 8.71. The lowest BCUT2D eigenvalue weighted by atomic mass is 10.1. The fourth-order valence-electron chi connectivity index (χ4n) is 1.19. The Morgan fingerprint density at radius 3 is 2.60 bits per heavy atom. The molecule has 10 heavy (non-hydrogen) atoms. The van der Waals surface area contributed by atoms with Crippen molar-refractivity contribution < 1.29 is 5.11 Å². The van der Waals surface area contributed by atoms with E-state index in [-0.39, 0.29) is 0 Å². The summed E-state index contributed by atoms with van der Waals surface area (Å²) in [4.78, 5) is 0. The molecule has 0 aliphatic carbocycles. The van der Waals surface area contributed by atoms with Crippen molar-refractivity contribution in [1.82, 2.24) is 0 Å². The second-order valence-corrected chi connectivity index (χ2v) is 4.37. The van der Waals surface area contributed by atoms with Gasteiger partial charge in [0.1, 0.15) is 0 Å². The second kappa shape index (κ2) is 4.24. The third kappa shape index (κ3) is 2.51. The van der Waals surface area contributed by atoms with Gasteiger partial charge < -0.3 is 5.11 Å². The van der Waals surface area contributed by atoms with E-state index in [0.29, 0.717) is 11.9 Å². The smallest absolute Gasteiger partial charge is 0.0560 e. The molecule has 1 heterocycles. The number of unbranched alkanes of at least 4 members (excludes halogenated alkanes) is 2. The standard InChI is InChI=1S/C8H16OS/c1-2-3-4-5-7-8(6-9)10-7/h7-9H,2-6H2,1H3/t7-,8-/m1/s1. The molecule has 1 fully saturated rings. The molecule has 0 aromatic heterocycles. The SMILES string of the molecule is CCCCC[C@H]1S[C@@H]1CO. The van der Waals surface area contributed by atoms with Gasteiger partial charge in [-0.15, -0.1) is 0 Å². The van der Waals surface area contributed by atoms with E-state index in [4.69, 9.17) is 5.11 Å². The summed E-state index contributed by atoms with van der Waals surface area (Å²) in [5.74, 6) is 0. The zero-order valence-corrected chi connectivity index (χ0v) is 7.36. The Kier molecular flexibility index (Phi) is 3.57. The van der Waals surface area contributed by atoms with E-state index in [1.807, 2.05) is 11.8 Å². The van der Waals surface area contributed by atoms with Crippen LogP contribution in [0.2, 0.25) is 0 Å². The molecule has 0 aromatic carbocycles. The number of aliphatic hydroxyl groups excluding tert-OH is 1. The Bertz CT molecular complexity index is 95.3. The van der Waals surface area contributed by atoms with Gasteiger partial charge in [0, 0.05) is 10.5 Å². The fraction of sp³-hybridized carbons (Fsp3) is 1.00. The predicted octanol–water partition coefficient (Wildman–Crippen LogP) is 2.04. The van der Waals surface area contributed by atoms with Crippen LogP contribution in [-0.2, 0) is 0 Å². The van der Waals surface area contributed by atoms with Crippen molar-refractivity contribution >= 4 is 11.8 Å². The Labute approximate surface area is 67.2 Å². The molecule has 1 rings (SSSR count). The van der Waals surface area contributed by atoms with E-state index in [9.17, 15) is 0 Å². The Morgan fingerprint density at radius 1 is 1.30 bits per heavy atom. The van der Waals surface area contributed by atoms with Gasteiger partial charge in [-0.25, -0.2) is 0 Å². The van der Waals surface area contributed by atoms with Crippen molar-refractivity contribution in [3.63, 3.8) is 0 Å². The summed E-state index contributed by atoms with van der Waals surface area (Å²) in [6.45, 7) is 2.62. The molecular formula is C8H16OS. The van der Waals surface area contributed by atoms with Crippen LogP contribution >= 0.6 is 11.8 Å². The molecule has 0 unspecified atom stereocenters. The van der Waals surface area contributed by atoms with Gasteiger partial charge in [-0.1, -0.05) is 26.2 Å². The quantitative estimate of drug-likeness (QED) is 0.490. The van der Waals surface area contributed by atoms with Crippen LogP contribution in [0.1, 0.15) is 32.6 Å². The highest BCUT2D eigenvalue weighted by atomic mass is 32.2. The van der Waals surface area contributed by atoms with Gasteiger partial charge in [0.15, 0.2) is 0 Å². The van der Waals surface area contributed by atoms with E-state index in [1.165, 1.54) is 25.7 Å². The first kappa shape index (κ1) is 8.41. The monoisotopic (exact) mass is 160 g/mol. The lowest BCUT2D eigenvalue weighted by Gasteiger charge is -1.94. The third-order valence-electron chi connectivity index (χ3n) is 1.96. The normalized spacial score (nSPS) is 30.6. The highest BCUT2D eigenvalue weighted by Crippen LogP contribution is 2.43. The van der Waals surface area contributed by atoms with Crippen LogP contribution in [0.15, 0.2) is 0 Å². The summed E-state index contributed by atoms with van der Waals surface area (Å²) in [6.07, 6.45) is 5.34. The molecule has 0 saturated carbocycles. The minimum atomic E-state index is 0.390. The van der Waals surface area contributed by atoms with Gasteiger partial charge in [0.05, 0.1) is 6.61 Å². The van der Waals surface area contributed by atoms with Gasteiger partial charge in [0.2, 0.25) is 0 Å². The zero-order valence-electron chi connectivity index (χ0n) is 6.55. The molecule has 0 spiro atoms.